The van der Waals surface area contributed by atoms with Crippen LogP contribution in [0, 0.1) is 5.82 Å². The van der Waals surface area contributed by atoms with Crippen molar-refractivity contribution in [2.24, 2.45) is 0 Å². The van der Waals surface area contributed by atoms with E-state index in [1.54, 1.807) is 36.4 Å². The predicted octanol–water partition coefficient (Wildman–Crippen LogP) is 0.837. The van der Waals surface area contributed by atoms with Crippen molar-refractivity contribution in [1.29, 1.82) is 0 Å². The van der Waals surface area contributed by atoms with Crippen molar-refractivity contribution in [3.05, 3.63) is 53.8 Å². The number of nitrogen functional groups attached to an aromatic ring is 1. The summed E-state index contributed by atoms with van der Waals surface area (Å²) >= 11 is 4.92. The van der Waals surface area contributed by atoms with E-state index in [0.717, 1.165) is 0 Å². The number of amides is 3. The third-order valence-corrected chi connectivity index (χ3v) is 6.58. The molecular formula is C25H30FN7O5S. The van der Waals surface area contributed by atoms with E-state index in [1.165, 1.54) is 23.1 Å². The fraction of sp³-hybridized carbons (Fsp3) is 0.360. The fourth-order valence-electron chi connectivity index (χ4n) is 4.20. The zero-order chi connectivity index (χ0) is 27.9. The highest BCUT2D eigenvalue weighted by molar-refractivity contribution is 7.80. The van der Waals surface area contributed by atoms with Gasteiger partial charge in [-0.05, 0) is 54.7 Å². The first-order valence-corrected chi connectivity index (χ1v) is 12.7. The van der Waals surface area contributed by atoms with E-state index in [4.69, 9.17) is 27.4 Å². The molecule has 208 valence electrons. The summed E-state index contributed by atoms with van der Waals surface area (Å²) in [6.45, 7) is 1.77. The minimum atomic E-state index is -0.575. The summed E-state index contributed by atoms with van der Waals surface area (Å²) < 4.78 is 25.4. The number of nitrogens with two attached hydrogens (primary N) is 1. The van der Waals surface area contributed by atoms with Crippen LogP contribution in [0.15, 0.2) is 42.5 Å². The maximum atomic E-state index is 15.2. The minimum absolute atomic E-state index is 0.190. The number of benzene rings is 2. The van der Waals surface area contributed by atoms with Crippen molar-refractivity contribution in [2.45, 2.75) is 6.10 Å². The number of nitrogens with one attached hydrogen (secondary N) is 3. The Morgan fingerprint density at radius 2 is 1.95 bits per heavy atom. The van der Waals surface area contributed by atoms with Gasteiger partial charge in [-0.2, -0.15) is 0 Å². The molecule has 0 aromatic heterocycles. The first-order chi connectivity index (χ1) is 18.7. The molecular weight excluding hydrogens is 529 g/mol. The molecule has 4 rings (SSSR count). The van der Waals surface area contributed by atoms with Crippen molar-refractivity contribution >= 4 is 52.4 Å². The van der Waals surface area contributed by atoms with Gasteiger partial charge in [0.2, 0.25) is 0 Å². The van der Waals surface area contributed by atoms with E-state index in [2.05, 4.69) is 16.1 Å². The molecule has 0 radical (unpaired) electrons. The SMILES string of the molecule is COC(=S)NC[C@H]1CN(c2ccc(N3CCNN(C(=O)CNC(=O)c4ccc(N)cc4)CC3)c(F)c2)C(=O)O1. The topological polar surface area (TPSA) is 142 Å². The zero-order valence-electron chi connectivity index (χ0n) is 21.3. The number of rotatable bonds is 7. The molecule has 1 atom stereocenters. The van der Waals surface area contributed by atoms with Crippen LogP contribution in [0.5, 0.6) is 0 Å². The van der Waals surface area contributed by atoms with Crippen molar-refractivity contribution in [1.82, 2.24) is 21.1 Å². The molecule has 0 spiro atoms. The van der Waals surface area contributed by atoms with Crippen LogP contribution in [0.2, 0.25) is 0 Å². The number of cyclic esters (lactones) is 1. The molecule has 14 heteroatoms. The van der Waals surface area contributed by atoms with Gasteiger partial charge in [0.25, 0.3) is 17.0 Å². The number of carbonyl (C=O) groups is 3. The number of anilines is 3. The normalized spacial score (nSPS) is 17.3. The molecule has 5 N–H and O–H groups in total. The average molecular weight is 560 g/mol. The Morgan fingerprint density at radius 3 is 2.67 bits per heavy atom. The number of nitrogens with zero attached hydrogens (tertiary/aromatic N) is 3. The zero-order valence-corrected chi connectivity index (χ0v) is 22.1. The second-order valence-electron chi connectivity index (χ2n) is 8.87. The van der Waals surface area contributed by atoms with Crippen LogP contribution < -0.4 is 31.6 Å². The second-order valence-corrected chi connectivity index (χ2v) is 9.24. The number of halogens is 1. The quantitative estimate of drug-likeness (QED) is 0.285. The Hall–Kier alpha value is -4.17. The van der Waals surface area contributed by atoms with Gasteiger partial charge in [-0.25, -0.2) is 14.6 Å². The van der Waals surface area contributed by atoms with Gasteiger partial charge in [0.1, 0.15) is 11.9 Å². The molecule has 0 bridgehead atoms. The van der Waals surface area contributed by atoms with Gasteiger partial charge in [-0.15, -0.1) is 0 Å². The Morgan fingerprint density at radius 1 is 1.18 bits per heavy atom. The van der Waals surface area contributed by atoms with Crippen LogP contribution in [0.1, 0.15) is 10.4 Å². The van der Waals surface area contributed by atoms with E-state index < -0.39 is 18.0 Å². The highest BCUT2D eigenvalue weighted by Crippen LogP contribution is 2.28. The van der Waals surface area contributed by atoms with Gasteiger partial charge in [0.15, 0.2) is 0 Å². The Labute approximate surface area is 230 Å². The number of thiocarbonyl (C=S) groups is 1. The molecule has 2 aliphatic heterocycles. The molecule has 3 amide bonds. The smallest absolute Gasteiger partial charge is 0.414 e. The number of hydrogen-bond donors (Lipinski definition) is 4. The number of ether oxygens (including phenoxy) is 2. The molecule has 12 nitrogen and oxygen atoms in total. The molecule has 2 aliphatic rings. The van der Waals surface area contributed by atoms with Crippen molar-refractivity contribution < 1.29 is 28.2 Å². The molecule has 2 fully saturated rings. The molecule has 2 heterocycles. The Kier molecular flexibility index (Phi) is 8.99. The predicted molar refractivity (Wildman–Crippen MR) is 147 cm³/mol. The van der Waals surface area contributed by atoms with E-state index in [-0.39, 0.29) is 43.2 Å². The maximum absolute atomic E-state index is 15.2. The molecule has 0 saturated carbocycles. The largest absolute Gasteiger partial charge is 0.474 e. The molecule has 39 heavy (non-hydrogen) atoms. The minimum Gasteiger partial charge on any atom is -0.474 e. The van der Waals surface area contributed by atoms with E-state index in [1.807, 2.05) is 4.90 Å². The Bertz CT molecular complexity index is 1230. The van der Waals surface area contributed by atoms with E-state index in [0.29, 0.717) is 42.3 Å². The average Bonchev–Trinajstić information content (AvgIpc) is 3.14. The number of carbonyl (C=O) groups excluding carboxylic acids is 3. The first kappa shape index (κ1) is 27.9. The lowest BCUT2D eigenvalue weighted by atomic mass is 10.2. The maximum Gasteiger partial charge on any atom is 0.414 e. The number of methoxy groups -OCH3 is 1. The van der Waals surface area contributed by atoms with Crippen molar-refractivity contribution in [3.8, 4) is 0 Å². The second kappa shape index (κ2) is 12.6. The van der Waals surface area contributed by atoms with Crippen LogP contribution >= 0.6 is 12.2 Å². The molecule has 2 aromatic carbocycles. The lowest BCUT2D eigenvalue weighted by Crippen LogP contribution is -2.48. The summed E-state index contributed by atoms with van der Waals surface area (Å²) in [6.07, 6.45) is -1.04. The van der Waals surface area contributed by atoms with E-state index >= 15 is 4.39 Å². The summed E-state index contributed by atoms with van der Waals surface area (Å²) in [5, 5.41) is 7.04. The van der Waals surface area contributed by atoms with Crippen LogP contribution in [-0.2, 0) is 14.3 Å². The third-order valence-electron chi connectivity index (χ3n) is 6.27. The van der Waals surface area contributed by atoms with Crippen LogP contribution in [-0.4, -0.2) is 87.1 Å². The summed E-state index contributed by atoms with van der Waals surface area (Å²) in [5.74, 6) is -1.21. The monoisotopic (exact) mass is 559 g/mol. The van der Waals surface area contributed by atoms with Crippen LogP contribution in [0.4, 0.5) is 26.2 Å². The van der Waals surface area contributed by atoms with Crippen molar-refractivity contribution in [2.75, 3.05) is 68.5 Å². The van der Waals surface area contributed by atoms with Gasteiger partial charge in [-0.1, -0.05) is 0 Å². The van der Waals surface area contributed by atoms with Crippen molar-refractivity contribution in [3.63, 3.8) is 0 Å². The summed E-state index contributed by atoms with van der Waals surface area (Å²) in [6, 6.07) is 10.9. The molecule has 2 saturated heterocycles. The standard InChI is InChI=1S/C25H30FN7O5S/c1-37-24(39)29-13-19-15-32(25(36)38-19)18-6-7-21(20(26)12-18)31-9-8-30-33(11-10-31)22(34)14-28-23(35)16-2-4-17(27)5-3-16/h2-7,12,19,30H,8-11,13-15,27H2,1H3,(H,28,35)(H,29,39)/t19-/m0/s1. The van der Waals surface area contributed by atoms with E-state index in [9.17, 15) is 14.4 Å². The number of hydrazine groups is 1. The highest BCUT2D eigenvalue weighted by atomic mass is 32.1. The molecule has 0 unspecified atom stereocenters. The van der Waals surface area contributed by atoms with Gasteiger partial charge in [-0.3, -0.25) is 19.5 Å². The lowest BCUT2D eigenvalue weighted by molar-refractivity contribution is -0.132. The summed E-state index contributed by atoms with van der Waals surface area (Å²) in [4.78, 5) is 40.5. The molecule has 0 aliphatic carbocycles. The summed E-state index contributed by atoms with van der Waals surface area (Å²) in [7, 11) is 1.44. The van der Waals surface area contributed by atoms with Gasteiger partial charge in [0.05, 0.1) is 44.7 Å². The fourth-order valence-corrected chi connectivity index (χ4v) is 4.28. The van der Waals surface area contributed by atoms with Crippen LogP contribution in [0.3, 0.4) is 0 Å². The highest BCUT2D eigenvalue weighted by Gasteiger charge is 2.33. The summed E-state index contributed by atoms with van der Waals surface area (Å²) in [5.41, 5.74) is 10.3. The Balaban J connectivity index is 1.30. The van der Waals surface area contributed by atoms with Gasteiger partial charge < -0.3 is 30.7 Å². The molecule has 2 aromatic rings. The first-order valence-electron chi connectivity index (χ1n) is 12.3. The number of hydrogen-bond acceptors (Lipinski definition) is 9. The third kappa shape index (κ3) is 7.03. The van der Waals surface area contributed by atoms with Gasteiger partial charge in [0, 0.05) is 30.9 Å². The van der Waals surface area contributed by atoms with Crippen LogP contribution in [0.25, 0.3) is 0 Å². The van der Waals surface area contributed by atoms with Gasteiger partial charge >= 0.3 is 6.09 Å². The lowest BCUT2D eigenvalue weighted by Gasteiger charge is -2.24.